The number of carbonyl (C=O) groups is 2. The van der Waals surface area contributed by atoms with E-state index >= 15 is 0 Å². The van der Waals surface area contributed by atoms with Crippen molar-refractivity contribution in [3.63, 3.8) is 0 Å². The zero-order chi connectivity index (χ0) is 15.8. The summed E-state index contributed by atoms with van der Waals surface area (Å²) >= 11 is 0. The van der Waals surface area contributed by atoms with E-state index in [4.69, 9.17) is 10.5 Å². The lowest BCUT2D eigenvalue weighted by molar-refractivity contribution is -0.141. The van der Waals surface area contributed by atoms with Gasteiger partial charge in [0.15, 0.2) is 0 Å². The first-order valence-corrected chi connectivity index (χ1v) is 7.55. The Kier molecular flexibility index (Phi) is 4.46. The predicted molar refractivity (Wildman–Crippen MR) is 77.6 cm³/mol. The number of fused-ring (bicyclic) bond motifs is 1. The molecule has 6 heteroatoms. The molecule has 0 aromatic carbocycles. The van der Waals surface area contributed by atoms with E-state index in [-0.39, 0.29) is 30.1 Å². The van der Waals surface area contributed by atoms with Crippen LogP contribution in [0.25, 0.3) is 0 Å². The van der Waals surface area contributed by atoms with Gasteiger partial charge >= 0.3 is 12.1 Å². The monoisotopic (exact) mass is 298 g/mol. The van der Waals surface area contributed by atoms with Crippen LogP contribution in [0, 0.1) is 11.8 Å². The fourth-order valence-electron chi connectivity index (χ4n) is 3.41. The number of nitrogens with zero attached hydrogens (tertiary/aromatic N) is 1. The molecule has 1 saturated carbocycles. The highest BCUT2D eigenvalue weighted by atomic mass is 16.6. The summed E-state index contributed by atoms with van der Waals surface area (Å²) in [6, 6.07) is 0.0952. The molecule has 3 fully saturated rings. The van der Waals surface area contributed by atoms with E-state index in [1.807, 2.05) is 20.8 Å². The van der Waals surface area contributed by atoms with Crippen molar-refractivity contribution in [1.29, 1.82) is 0 Å². The van der Waals surface area contributed by atoms with Gasteiger partial charge in [-0.15, -0.1) is 0 Å². The standard InChI is InChI=1S/C15H26N2O4/c1-15(2,3)21-14(19)17-8-9-7-11(17)13(9)10(16)5-6-12(18)20-4/h9-11,13H,5-8,16H2,1-4H3/t9-,10?,11-,13?/m0/s1. The molecule has 2 heterocycles. The minimum atomic E-state index is -0.480. The smallest absolute Gasteiger partial charge is 0.410 e. The van der Waals surface area contributed by atoms with Crippen molar-refractivity contribution in [2.75, 3.05) is 13.7 Å². The van der Waals surface area contributed by atoms with Crippen molar-refractivity contribution < 1.29 is 19.1 Å². The summed E-state index contributed by atoms with van der Waals surface area (Å²) in [5.74, 6) is 0.485. The Morgan fingerprint density at radius 3 is 2.62 bits per heavy atom. The van der Waals surface area contributed by atoms with Crippen LogP contribution in [0.2, 0.25) is 0 Å². The van der Waals surface area contributed by atoms with Gasteiger partial charge in [-0.1, -0.05) is 0 Å². The minimum absolute atomic E-state index is 0.0692. The third-order valence-electron chi connectivity index (χ3n) is 4.40. The van der Waals surface area contributed by atoms with Crippen LogP contribution in [-0.4, -0.2) is 48.3 Å². The van der Waals surface area contributed by atoms with Crippen molar-refractivity contribution in [1.82, 2.24) is 4.90 Å². The maximum atomic E-state index is 12.2. The van der Waals surface area contributed by atoms with Crippen LogP contribution in [0.3, 0.4) is 0 Å². The fourth-order valence-corrected chi connectivity index (χ4v) is 3.41. The summed E-state index contributed by atoms with van der Waals surface area (Å²) in [6.45, 7) is 6.32. The Labute approximate surface area is 125 Å². The van der Waals surface area contributed by atoms with E-state index in [2.05, 4.69) is 4.74 Å². The molecule has 2 bridgehead atoms. The van der Waals surface area contributed by atoms with Gasteiger partial charge in [-0.25, -0.2) is 4.79 Å². The molecule has 2 saturated heterocycles. The lowest BCUT2D eigenvalue weighted by Crippen LogP contribution is -2.50. The maximum Gasteiger partial charge on any atom is 0.410 e. The normalized spacial score (nSPS) is 28.8. The zero-order valence-electron chi connectivity index (χ0n) is 13.3. The summed E-state index contributed by atoms with van der Waals surface area (Å²) in [5.41, 5.74) is 5.73. The fraction of sp³-hybridized carbons (Fsp3) is 0.867. The van der Waals surface area contributed by atoms with Crippen LogP contribution in [0.1, 0.15) is 40.0 Å². The highest BCUT2D eigenvalue weighted by Gasteiger charge is 2.56. The number of nitrogens with two attached hydrogens (primary N) is 1. The first-order valence-electron chi connectivity index (χ1n) is 7.55. The Hall–Kier alpha value is -1.30. The number of methoxy groups -OCH3 is 1. The molecule has 120 valence electrons. The molecule has 21 heavy (non-hydrogen) atoms. The van der Waals surface area contributed by atoms with Crippen LogP contribution < -0.4 is 5.73 Å². The summed E-state index contributed by atoms with van der Waals surface area (Å²) in [4.78, 5) is 25.2. The molecular weight excluding hydrogens is 272 g/mol. The minimum Gasteiger partial charge on any atom is -0.469 e. The summed E-state index contributed by atoms with van der Waals surface area (Å²) in [7, 11) is 1.38. The van der Waals surface area contributed by atoms with E-state index in [1.165, 1.54) is 7.11 Å². The third-order valence-corrected chi connectivity index (χ3v) is 4.40. The Morgan fingerprint density at radius 2 is 2.05 bits per heavy atom. The molecule has 0 spiro atoms. The molecule has 2 aliphatic heterocycles. The molecule has 4 atom stereocenters. The van der Waals surface area contributed by atoms with Crippen molar-refractivity contribution >= 4 is 12.1 Å². The second-order valence-electron chi connectivity index (χ2n) is 7.05. The van der Waals surface area contributed by atoms with Gasteiger partial charge in [-0.3, -0.25) is 4.79 Å². The van der Waals surface area contributed by atoms with Crippen LogP contribution in [-0.2, 0) is 14.3 Å². The van der Waals surface area contributed by atoms with E-state index in [0.29, 0.717) is 18.8 Å². The number of rotatable bonds is 4. The van der Waals surface area contributed by atoms with Gasteiger partial charge in [-0.05, 0) is 45.4 Å². The van der Waals surface area contributed by atoms with Crippen LogP contribution in [0.15, 0.2) is 0 Å². The van der Waals surface area contributed by atoms with E-state index < -0.39 is 5.60 Å². The lowest BCUT2D eigenvalue weighted by Gasteiger charge is -2.40. The van der Waals surface area contributed by atoms with Crippen molar-refractivity contribution in [2.24, 2.45) is 17.6 Å². The van der Waals surface area contributed by atoms with Gasteiger partial charge in [0.2, 0.25) is 0 Å². The molecule has 6 nitrogen and oxygen atoms in total. The SMILES string of the molecule is COC(=O)CCC(N)C1[C@H]2C[C@@H]1N(C(=O)OC(C)(C)C)C2. The molecule has 1 amide bonds. The summed E-state index contributed by atoms with van der Waals surface area (Å²) < 4.78 is 10.1. The first-order chi connectivity index (χ1) is 9.73. The van der Waals surface area contributed by atoms with Crippen LogP contribution in [0.5, 0.6) is 0 Å². The van der Waals surface area contributed by atoms with Gasteiger partial charge in [0.1, 0.15) is 5.60 Å². The van der Waals surface area contributed by atoms with Gasteiger partial charge in [-0.2, -0.15) is 0 Å². The molecule has 2 N–H and O–H groups in total. The average Bonchev–Trinajstić information content (AvgIpc) is 2.92. The summed E-state index contributed by atoms with van der Waals surface area (Å²) in [5, 5.41) is 0. The summed E-state index contributed by atoms with van der Waals surface area (Å²) in [6.07, 6.45) is 1.68. The number of hydrogen-bond donors (Lipinski definition) is 1. The molecule has 0 aromatic rings. The number of ether oxygens (including phenoxy) is 2. The number of carbonyl (C=O) groups excluding carboxylic acids is 2. The van der Waals surface area contributed by atoms with Gasteiger partial charge < -0.3 is 20.1 Å². The number of amides is 1. The topological polar surface area (TPSA) is 81.9 Å². The Bertz CT molecular complexity index is 418. The first kappa shape index (κ1) is 16.1. The van der Waals surface area contributed by atoms with Crippen molar-refractivity contribution in [3.8, 4) is 0 Å². The second-order valence-corrected chi connectivity index (χ2v) is 7.05. The lowest BCUT2D eigenvalue weighted by atomic mass is 9.69. The highest BCUT2D eigenvalue weighted by molar-refractivity contribution is 5.70. The molecule has 1 aliphatic carbocycles. The molecule has 3 rings (SSSR count). The molecule has 0 aromatic heterocycles. The van der Waals surface area contributed by atoms with Crippen LogP contribution >= 0.6 is 0 Å². The van der Waals surface area contributed by atoms with Crippen LogP contribution in [0.4, 0.5) is 4.79 Å². The Morgan fingerprint density at radius 1 is 1.38 bits per heavy atom. The molecule has 0 radical (unpaired) electrons. The Balaban J connectivity index is 1.87. The average molecular weight is 298 g/mol. The quantitative estimate of drug-likeness (QED) is 0.796. The molecule has 2 unspecified atom stereocenters. The second kappa shape index (κ2) is 5.83. The van der Waals surface area contributed by atoms with E-state index in [1.54, 1.807) is 4.90 Å². The zero-order valence-corrected chi connectivity index (χ0v) is 13.3. The predicted octanol–water partition coefficient (Wildman–Crippen LogP) is 1.52. The third kappa shape index (κ3) is 3.48. The van der Waals surface area contributed by atoms with Gasteiger partial charge in [0.05, 0.1) is 7.11 Å². The number of esters is 1. The maximum absolute atomic E-state index is 12.2. The molecular formula is C15H26N2O4. The van der Waals surface area contributed by atoms with Crippen molar-refractivity contribution in [2.45, 2.75) is 57.7 Å². The van der Waals surface area contributed by atoms with Gasteiger partial charge in [0, 0.05) is 25.0 Å². The molecule has 3 aliphatic rings. The highest BCUT2D eigenvalue weighted by Crippen LogP contribution is 2.48. The van der Waals surface area contributed by atoms with E-state index in [0.717, 1.165) is 13.0 Å². The number of hydrogen-bond acceptors (Lipinski definition) is 5. The van der Waals surface area contributed by atoms with Crippen molar-refractivity contribution in [3.05, 3.63) is 0 Å². The van der Waals surface area contributed by atoms with Gasteiger partial charge in [0.25, 0.3) is 0 Å². The largest absolute Gasteiger partial charge is 0.469 e. The van der Waals surface area contributed by atoms with E-state index in [9.17, 15) is 9.59 Å².